The number of hydrogen-bond acceptors (Lipinski definition) is 4. The highest BCUT2D eigenvalue weighted by Gasteiger charge is 2.25. The molecule has 2 fully saturated rings. The number of ether oxygens (including phenoxy) is 1. The van der Waals surface area contributed by atoms with Crippen LogP contribution in [-0.4, -0.2) is 74.7 Å². The Morgan fingerprint density at radius 1 is 1.13 bits per heavy atom. The SMILES string of the molecule is CN=C(NCC(c1cccc(OC)c1)N1CCCC1)NC1CCN(C(C)C)CC1.I. The number of likely N-dealkylation sites (tertiary alicyclic amines) is 2. The van der Waals surface area contributed by atoms with Crippen molar-refractivity contribution in [3.05, 3.63) is 29.8 Å². The molecule has 7 heteroatoms. The Kier molecular flexibility index (Phi) is 10.7. The van der Waals surface area contributed by atoms with Crippen LogP contribution in [0.1, 0.15) is 51.1 Å². The number of nitrogens with zero attached hydrogens (tertiary/aromatic N) is 3. The Hall–Kier alpha value is -1.06. The number of hydrogen-bond donors (Lipinski definition) is 2. The van der Waals surface area contributed by atoms with Crippen molar-refractivity contribution in [2.45, 2.75) is 57.7 Å². The molecular weight excluding hydrogens is 489 g/mol. The Labute approximate surface area is 199 Å². The topological polar surface area (TPSA) is 52.1 Å². The zero-order valence-corrected chi connectivity index (χ0v) is 21.4. The summed E-state index contributed by atoms with van der Waals surface area (Å²) in [5.41, 5.74) is 1.31. The molecule has 0 radical (unpaired) electrons. The fourth-order valence-electron chi connectivity index (χ4n) is 4.50. The molecule has 1 unspecified atom stereocenters. The standard InChI is InChI=1S/C23H39N5O.HI/c1-18(2)27-14-10-20(11-15-27)26-23(24-3)25-17-22(28-12-5-6-13-28)19-8-7-9-21(16-19)29-4;/h7-9,16,18,20,22H,5-6,10-15,17H2,1-4H3,(H2,24,25,26);1H. The highest BCUT2D eigenvalue weighted by molar-refractivity contribution is 14.0. The maximum atomic E-state index is 5.46. The van der Waals surface area contributed by atoms with E-state index in [1.54, 1.807) is 7.11 Å². The lowest BCUT2D eigenvalue weighted by Gasteiger charge is -2.35. The minimum Gasteiger partial charge on any atom is -0.497 e. The summed E-state index contributed by atoms with van der Waals surface area (Å²) in [6.07, 6.45) is 4.90. The molecule has 6 nitrogen and oxygen atoms in total. The van der Waals surface area contributed by atoms with Gasteiger partial charge in [-0.25, -0.2) is 0 Å². The molecule has 30 heavy (non-hydrogen) atoms. The molecule has 0 bridgehead atoms. The number of halogens is 1. The Morgan fingerprint density at radius 2 is 1.83 bits per heavy atom. The summed E-state index contributed by atoms with van der Waals surface area (Å²) in [6, 6.07) is 9.95. The molecule has 2 aliphatic rings. The number of benzene rings is 1. The molecule has 0 saturated carbocycles. The summed E-state index contributed by atoms with van der Waals surface area (Å²) in [5.74, 6) is 1.84. The van der Waals surface area contributed by atoms with Crippen molar-refractivity contribution in [2.24, 2.45) is 4.99 Å². The van der Waals surface area contributed by atoms with E-state index in [1.165, 1.54) is 31.2 Å². The molecule has 2 N–H and O–H groups in total. The van der Waals surface area contributed by atoms with E-state index in [9.17, 15) is 0 Å². The van der Waals surface area contributed by atoms with Gasteiger partial charge in [-0.1, -0.05) is 12.1 Å². The highest BCUT2D eigenvalue weighted by Crippen LogP contribution is 2.27. The lowest BCUT2D eigenvalue weighted by atomic mass is 10.0. The van der Waals surface area contributed by atoms with E-state index >= 15 is 0 Å². The average Bonchev–Trinajstić information content (AvgIpc) is 3.28. The summed E-state index contributed by atoms with van der Waals surface area (Å²) in [7, 11) is 3.60. The van der Waals surface area contributed by atoms with E-state index < -0.39 is 0 Å². The van der Waals surface area contributed by atoms with Crippen molar-refractivity contribution in [3.8, 4) is 5.75 Å². The minimum atomic E-state index is 0. The molecule has 0 spiro atoms. The number of piperidine rings is 1. The van der Waals surface area contributed by atoms with Crippen LogP contribution >= 0.6 is 24.0 Å². The summed E-state index contributed by atoms with van der Waals surface area (Å²) < 4.78 is 5.46. The molecule has 170 valence electrons. The molecule has 1 aromatic carbocycles. The fraction of sp³-hybridized carbons (Fsp3) is 0.696. The molecule has 2 aliphatic heterocycles. The van der Waals surface area contributed by atoms with Gasteiger partial charge in [-0.15, -0.1) is 24.0 Å². The van der Waals surface area contributed by atoms with Gasteiger partial charge < -0.3 is 20.3 Å². The zero-order chi connectivity index (χ0) is 20.6. The van der Waals surface area contributed by atoms with Gasteiger partial charge in [-0.3, -0.25) is 9.89 Å². The quantitative estimate of drug-likeness (QED) is 0.322. The molecule has 2 heterocycles. The van der Waals surface area contributed by atoms with Crippen LogP contribution in [0.5, 0.6) is 5.75 Å². The summed E-state index contributed by atoms with van der Waals surface area (Å²) in [6.45, 7) is 10.0. The second-order valence-corrected chi connectivity index (χ2v) is 8.54. The van der Waals surface area contributed by atoms with Crippen LogP contribution in [0, 0.1) is 0 Å². The van der Waals surface area contributed by atoms with Crippen LogP contribution < -0.4 is 15.4 Å². The van der Waals surface area contributed by atoms with Crippen molar-refractivity contribution in [3.63, 3.8) is 0 Å². The van der Waals surface area contributed by atoms with Crippen molar-refractivity contribution < 1.29 is 4.74 Å². The third-order valence-corrected chi connectivity index (χ3v) is 6.35. The van der Waals surface area contributed by atoms with E-state index in [4.69, 9.17) is 4.74 Å². The molecule has 1 aromatic rings. The van der Waals surface area contributed by atoms with Crippen LogP contribution in [0.3, 0.4) is 0 Å². The van der Waals surface area contributed by atoms with Gasteiger partial charge in [0.05, 0.1) is 13.2 Å². The Morgan fingerprint density at radius 3 is 2.43 bits per heavy atom. The number of nitrogens with one attached hydrogen (secondary N) is 2. The molecule has 0 aromatic heterocycles. The molecule has 2 saturated heterocycles. The zero-order valence-electron chi connectivity index (χ0n) is 19.1. The van der Waals surface area contributed by atoms with Crippen molar-refractivity contribution in [1.82, 2.24) is 20.4 Å². The van der Waals surface area contributed by atoms with Crippen LogP contribution in [0.25, 0.3) is 0 Å². The van der Waals surface area contributed by atoms with Crippen molar-refractivity contribution in [2.75, 3.05) is 46.9 Å². The van der Waals surface area contributed by atoms with Gasteiger partial charge in [0.25, 0.3) is 0 Å². The highest BCUT2D eigenvalue weighted by atomic mass is 127. The third-order valence-electron chi connectivity index (χ3n) is 6.35. The summed E-state index contributed by atoms with van der Waals surface area (Å²) in [4.78, 5) is 9.64. The Bertz CT molecular complexity index is 655. The summed E-state index contributed by atoms with van der Waals surface area (Å²) in [5, 5.41) is 7.26. The second-order valence-electron chi connectivity index (χ2n) is 8.54. The van der Waals surface area contributed by atoms with Crippen LogP contribution in [0.15, 0.2) is 29.3 Å². The first-order valence-corrected chi connectivity index (χ1v) is 11.2. The largest absolute Gasteiger partial charge is 0.497 e. The normalized spacial score (nSPS) is 20.1. The fourth-order valence-corrected chi connectivity index (χ4v) is 4.50. The predicted octanol–water partition coefficient (Wildman–Crippen LogP) is 3.49. The lowest BCUT2D eigenvalue weighted by molar-refractivity contribution is 0.167. The number of rotatable bonds is 7. The first-order valence-electron chi connectivity index (χ1n) is 11.2. The van der Waals surface area contributed by atoms with Crippen LogP contribution in [-0.2, 0) is 0 Å². The van der Waals surface area contributed by atoms with E-state index in [-0.39, 0.29) is 24.0 Å². The van der Waals surface area contributed by atoms with Gasteiger partial charge in [0.1, 0.15) is 5.75 Å². The predicted molar refractivity (Wildman–Crippen MR) is 136 cm³/mol. The number of guanidine groups is 1. The van der Waals surface area contributed by atoms with E-state index in [0.29, 0.717) is 18.1 Å². The number of aliphatic imine (C=N–C) groups is 1. The van der Waals surface area contributed by atoms with Gasteiger partial charge in [-0.05, 0) is 70.3 Å². The van der Waals surface area contributed by atoms with Gasteiger partial charge in [0.2, 0.25) is 0 Å². The summed E-state index contributed by atoms with van der Waals surface area (Å²) >= 11 is 0. The second kappa shape index (κ2) is 12.7. The van der Waals surface area contributed by atoms with Crippen molar-refractivity contribution >= 4 is 29.9 Å². The monoisotopic (exact) mass is 529 g/mol. The van der Waals surface area contributed by atoms with Gasteiger partial charge >= 0.3 is 0 Å². The molecule has 3 rings (SSSR count). The van der Waals surface area contributed by atoms with Crippen LogP contribution in [0.2, 0.25) is 0 Å². The van der Waals surface area contributed by atoms with Crippen LogP contribution in [0.4, 0.5) is 0 Å². The average molecular weight is 530 g/mol. The maximum Gasteiger partial charge on any atom is 0.191 e. The van der Waals surface area contributed by atoms with Gasteiger partial charge in [0, 0.05) is 38.8 Å². The van der Waals surface area contributed by atoms with E-state index in [1.807, 2.05) is 13.1 Å². The molecule has 0 amide bonds. The van der Waals surface area contributed by atoms with E-state index in [2.05, 4.69) is 57.5 Å². The number of methoxy groups -OCH3 is 1. The molecule has 1 atom stereocenters. The molecule has 0 aliphatic carbocycles. The lowest BCUT2D eigenvalue weighted by Crippen LogP contribution is -2.50. The van der Waals surface area contributed by atoms with E-state index in [0.717, 1.165) is 44.4 Å². The van der Waals surface area contributed by atoms with Crippen molar-refractivity contribution in [1.29, 1.82) is 0 Å². The van der Waals surface area contributed by atoms with Gasteiger partial charge in [0.15, 0.2) is 5.96 Å². The first-order chi connectivity index (χ1) is 14.1. The third kappa shape index (κ3) is 6.99. The van der Waals surface area contributed by atoms with Gasteiger partial charge in [-0.2, -0.15) is 0 Å². The first kappa shape index (κ1) is 25.2. The maximum absolute atomic E-state index is 5.46. The Balaban J connectivity index is 0.00000320. The minimum absolute atomic E-state index is 0. The molecular formula is C23H40IN5O. The smallest absolute Gasteiger partial charge is 0.191 e.